The number of aromatic nitrogens is 1. The minimum Gasteiger partial charge on any atom is -0.381 e. The SMILES string of the molecule is CCc1c(N)noc1-c1ccc(Cl)s1. The molecular formula is C9H9ClN2OS. The van der Waals surface area contributed by atoms with Crippen LogP contribution in [0, 0.1) is 0 Å². The molecule has 5 heteroatoms. The molecule has 2 heterocycles. The zero-order valence-corrected chi connectivity index (χ0v) is 9.15. The van der Waals surface area contributed by atoms with Crippen molar-refractivity contribution in [2.75, 3.05) is 5.73 Å². The number of hydrogen-bond acceptors (Lipinski definition) is 4. The molecule has 0 unspecified atom stereocenters. The summed E-state index contributed by atoms with van der Waals surface area (Å²) in [5.74, 6) is 1.20. The highest BCUT2D eigenvalue weighted by Gasteiger charge is 2.15. The maximum Gasteiger partial charge on any atom is 0.182 e. The second-order valence-electron chi connectivity index (χ2n) is 2.83. The molecule has 74 valence electrons. The third-order valence-electron chi connectivity index (χ3n) is 1.97. The Hall–Kier alpha value is -1.000. The highest BCUT2D eigenvalue weighted by Crippen LogP contribution is 2.35. The van der Waals surface area contributed by atoms with Gasteiger partial charge in [0.15, 0.2) is 11.6 Å². The Bertz CT molecular complexity index is 449. The fourth-order valence-corrected chi connectivity index (χ4v) is 2.34. The van der Waals surface area contributed by atoms with Crippen LogP contribution in [0.1, 0.15) is 12.5 Å². The van der Waals surface area contributed by atoms with Crippen LogP contribution in [0.4, 0.5) is 5.82 Å². The van der Waals surface area contributed by atoms with Crippen molar-refractivity contribution in [3.63, 3.8) is 0 Å². The van der Waals surface area contributed by atoms with Gasteiger partial charge in [0, 0.05) is 5.56 Å². The highest BCUT2D eigenvalue weighted by molar-refractivity contribution is 7.19. The minimum atomic E-state index is 0.465. The first-order valence-electron chi connectivity index (χ1n) is 4.22. The van der Waals surface area contributed by atoms with E-state index in [2.05, 4.69) is 5.16 Å². The first kappa shape index (κ1) is 9.55. The van der Waals surface area contributed by atoms with Gasteiger partial charge < -0.3 is 10.3 Å². The number of thiophene rings is 1. The summed E-state index contributed by atoms with van der Waals surface area (Å²) in [7, 11) is 0. The molecule has 2 aromatic rings. The van der Waals surface area contributed by atoms with Crippen LogP contribution >= 0.6 is 22.9 Å². The van der Waals surface area contributed by atoms with E-state index in [0.29, 0.717) is 5.82 Å². The molecule has 0 radical (unpaired) electrons. The zero-order valence-electron chi connectivity index (χ0n) is 7.58. The van der Waals surface area contributed by atoms with E-state index in [1.54, 1.807) is 0 Å². The summed E-state index contributed by atoms with van der Waals surface area (Å²) in [5, 5.41) is 3.74. The van der Waals surface area contributed by atoms with E-state index in [-0.39, 0.29) is 0 Å². The van der Waals surface area contributed by atoms with Gasteiger partial charge in [-0.05, 0) is 18.6 Å². The lowest BCUT2D eigenvalue weighted by Crippen LogP contribution is -1.90. The van der Waals surface area contributed by atoms with Crippen LogP contribution < -0.4 is 5.73 Å². The van der Waals surface area contributed by atoms with E-state index in [0.717, 1.165) is 27.0 Å². The van der Waals surface area contributed by atoms with E-state index >= 15 is 0 Å². The van der Waals surface area contributed by atoms with Crippen molar-refractivity contribution in [3.05, 3.63) is 22.0 Å². The van der Waals surface area contributed by atoms with Gasteiger partial charge in [-0.2, -0.15) is 0 Å². The number of anilines is 1. The summed E-state index contributed by atoms with van der Waals surface area (Å²) in [4.78, 5) is 0.969. The Kier molecular flexibility index (Phi) is 2.48. The van der Waals surface area contributed by atoms with Gasteiger partial charge in [0.25, 0.3) is 0 Å². The lowest BCUT2D eigenvalue weighted by Gasteiger charge is -1.93. The molecule has 0 saturated heterocycles. The first-order valence-corrected chi connectivity index (χ1v) is 5.41. The van der Waals surface area contributed by atoms with Gasteiger partial charge in [0.05, 0.1) is 9.21 Å². The van der Waals surface area contributed by atoms with E-state index < -0.39 is 0 Å². The standard InChI is InChI=1S/C9H9ClN2OS/c1-2-5-8(13-12-9(5)11)6-3-4-7(10)14-6/h3-4H,2H2,1H3,(H2,11,12). The summed E-state index contributed by atoms with van der Waals surface area (Å²) < 4.78 is 5.90. The molecule has 0 atom stereocenters. The Morgan fingerprint density at radius 1 is 1.57 bits per heavy atom. The van der Waals surface area contributed by atoms with Crippen LogP contribution in [0.15, 0.2) is 16.7 Å². The molecule has 0 aliphatic heterocycles. The molecule has 0 aliphatic carbocycles. The van der Waals surface area contributed by atoms with Gasteiger partial charge in [-0.25, -0.2) is 0 Å². The highest BCUT2D eigenvalue weighted by atomic mass is 35.5. The molecule has 0 aromatic carbocycles. The summed E-state index contributed by atoms with van der Waals surface area (Å²) in [6, 6.07) is 3.74. The molecule has 3 nitrogen and oxygen atoms in total. The average Bonchev–Trinajstić information content (AvgIpc) is 2.71. The van der Waals surface area contributed by atoms with Crippen LogP contribution in [-0.4, -0.2) is 5.16 Å². The molecular weight excluding hydrogens is 220 g/mol. The second-order valence-corrected chi connectivity index (χ2v) is 4.55. The smallest absolute Gasteiger partial charge is 0.182 e. The van der Waals surface area contributed by atoms with Crippen molar-refractivity contribution < 1.29 is 4.52 Å². The number of nitrogens with zero attached hydrogens (tertiary/aromatic N) is 1. The van der Waals surface area contributed by atoms with Crippen molar-refractivity contribution in [1.82, 2.24) is 5.16 Å². The lowest BCUT2D eigenvalue weighted by atomic mass is 10.2. The van der Waals surface area contributed by atoms with E-state index in [1.807, 2.05) is 19.1 Å². The van der Waals surface area contributed by atoms with Crippen molar-refractivity contribution in [2.45, 2.75) is 13.3 Å². The third-order valence-corrected chi connectivity index (χ3v) is 3.20. The third kappa shape index (κ3) is 1.51. The average molecular weight is 229 g/mol. The summed E-state index contributed by atoms with van der Waals surface area (Å²) in [5.41, 5.74) is 6.61. The maximum atomic E-state index is 5.84. The van der Waals surface area contributed by atoms with Crippen LogP contribution in [0.3, 0.4) is 0 Å². The quantitative estimate of drug-likeness (QED) is 0.859. The topological polar surface area (TPSA) is 52.0 Å². The molecule has 0 bridgehead atoms. The van der Waals surface area contributed by atoms with Crippen LogP contribution in [0.2, 0.25) is 4.34 Å². The molecule has 14 heavy (non-hydrogen) atoms. The van der Waals surface area contributed by atoms with E-state index in [1.165, 1.54) is 11.3 Å². The Morgan fingerprint density at radius 3 is 2.93 bits per heavy atom. The fourth-order valence-electron chi connectivity index (χ4n) is 1.29. The number of rotatable bonds is 2. The fraction of sp³-hybridized carbons (Fsp3) is 0.222. The van der Waals surface area contributed by atoms with Crippen LogP contribution in [0.25, 0.3) is 10.6 Å². The number of nitrogen functional groups attached to an aromatic ring is 1. The Morgan fingerprint density at radius 2 is 2.36 bits per heavy atom. The Balaban J connectivity index is 2.51. The van der Waals surface area contributed by atoms with Gasteiger partial charge in [-0.3, -0.25) is 0 Å². The van der Waals surface area contributed by atoms with Gasteiger partial charge in [0.1, 0.15) is 0 Å². The Labute approximate surface area is 90.5 Å². The molecule has 2 rings (SSSR count). The van der Waals surface area contributed by atoms with E-state index in [4.69, 9.17) is 21.9 Å². The summed E-state index contributed by atoms with van der Waals surface area (Å²) in [6.07, 6.45) is 0.806. The van der Waals surface area contributed by atoms with Gasteiger partial charge in [-0.1, -0.05) is 23.7 Å². The number of halogens is 1. The van der Waals surface area contributed by atoms with Crippen LogP contribution in [0.5, 0.6) is 0 Å². The molecule has 0 saturated carbocycles. The predicted octanol–water partition coefficient (Wildman–Crippen LogP) is 3.20. The first-order chi connectivity index (χ1) is 6.72. The summed E-state index contributed by atoms with van der Waals surface area (Å²) >= 11 is 7.30. The summed E-state index contributed by atoms with van der Waals surface area (Å²) in [6.45, 7) is 2.02. The minimum absolute atomic E-state index is 0.465. The van der Waals surface area contributed by atoms with Gasteiger partial charge >= 0.3 is 0 Å². The molecule has 0 aliphatic rings. The molecule has 0 fully saturated rings. The normalized spacial score (nSPS) is 10.7. The molecule has 2 aromatic heterocycles. The number of hydrogen-bond donors (Lipinski definition) is 1. The predicted molar refractivity (Wildman–Crippen MR) is 58.6 cm³/mol. The lowest BCUT2D eigenvalue weighted by molar-refractivity contribution is 0.436. The zero-order chi connectivity index (χ0) is 10.1. The van der Waals surface area contributed by atoms with Crippen LogP contribution in [-0.2, 0) is 6.42 Å². The van der Waals surface area contributed by atoms with Crippen molar-refractivity contribution in [3.8, 4) is 10.6 Å². The van der Waals surface area contributed by atoms with Gasteiger partial charge in [-0.15, -0.1) is 11.3 Å². The molecule has 0 spiro atoms. The largest absolute Gasteiger partial charge is 0.381 e. The molecule has 0 amide bonds. The van der Waals surface area contributed by atoms with E-state index in [9.17, 15) is 0 Å². The van der Waals surface area contributed by atoms with Crippen molar-refractivity contribution >= 4 is 28.8 Å². The van der Waals surface area contributed by atoms with Crippen molar-refractivity contribution in [2.24, 2.45) is 0 Å². The number of nitrogens with two attached hydrogens (primary N) is 1. The monoisotopic (exact) mass is 228 g/mol. The van der Waals surface area contributed by atoms with Gasteiger partial charge in [0.2, 0.25) is 0 Å². The second kappa shape index (κ2) is 3.63. The maximum absolute atomic E-state index is 5.84. The molecule has 2 N–H and O–H groups in total. The van der Waals surface area contributed by atoms with Crippen molar-refractivity contribution in [1.29, 1.82) is 0 Å².